The Labute approximate surface area is 169 Å². The van der Waals surface area contributed by atoms with Gasteiger partial charge in [0, 0.05) is 0 Å². The highest BCUT2D eigenvalue weighted by molar-refractivity contribution is 8.15. The second kappa shape index (κ2) is 8.93. The number of carbonyl (C=O) groups is 1. The van der Waals surface area contributed by atoms with E-state index < -0.39 is 0 Å². The van der Waals surface area contributed by atoms with Crippen LogP contribution in [0.25, 0.3) is 0 Å². The molecule has 1 aliphatic heterocycles. The summed E-state index contributed by atoms with van der Waals surface area (Å²) in [6.45, 7) is 4.42. The van der Waals surface area contributed by atoms with Crippen molar-refractivity contribution in [2.75, 3.05) is 14.2 Å². The number of thioether (sulfide) groups is 1. The standard InChI is InChI=1S/C21H23N3O3S/c1-14-7-5-6-8-17(14)13-24-20(25)15(2)28-21(24)23-22-12-16-9-10-18(26-3)19(11-16)27-4/h5-12,15H,13H2,1-4H3. The van der Waals surface area contributed by atoms with Crippen molar-refractivity contribution in [3.05, 3.63) is 59.2 Å². The van der Waals surface area contributed by atoms with Gasteiger partial charge in [-0.2, -0.15) is 5.10 Å². The van der Waals surface area contributed by atoms with Gasteiger partial charge in [0.05, 0.1) is 32.2 Å². The number of amidine groups is 1. The van der Waals surface area contributed by atoms with Crippen molar-refractivity contribution in [1.82, 2.24) is 4.90 Å². The Morgan fingerprint density at radius 2 is 1.89 bits per heavy atom. The second-order valence-corrected chi connectivity index (χ2v) is 7.66. The number of hydrogen-bond acceptors (Lipinski definition) is 6. The molecule has 1 unspecified atom stereocenters. The van der Waals surface area contributed by atoms with E-state index in [1.54, 1.807) is 25.3 Å². The summed E-state index contributed by atoms with van der Waals surface area (Å²) < 4.78 is 10.5. The highest BCUT2D eigenvalue weighted by Crippen LogP contribution is 2.29. The lowest BCUT2D eigenvalue weighted by atomic mass is 10.1. The molecular formula is C21H23N3O3S. The molecule has 1 aliphatic rings. The van der Waals surface area contributed by atoms with Gasteiger partial charge in [0.25, 0.3) is 0 Å². The predicted octanol–water partition coefficient (Wildman–Crippen LogP) is 3.87. The van der Waals surface area contributed by atoms with Gasteiger partial charge in [0.15, 0.2) is 16.7 Å². The molecule has 2 aromatic rings. The molecule has 0 aromatic heterocycles. The summed E-state index contributed by atoms with van der Waals surface area (Å²) in [6, 6.07) is 13.5. The monoisotopic (exact) mass is 397 g/mol. The van der Waals surface area contributed by atoms with Crippen molar-refractivity contribution >= 4 is 29.1 Å². The maximum atomic E-state index is 12.6. The predicted molar refractivity (Wildman–Crippen MR) is 113 cm³/mol. The molecule has 0 radical (unpaired) electrons. The van der Waals surface area contributed by atoms with Crippen LogP contribution in [0.4, 0.5) is 0 Å². The fraction of sp³-hybridized carbons (Fsp3) is 0.286. The molecule has 1 fully saturated rings. The first-order valence-electron chi connectivity index (χ1n) is 8.89. The minimum absolute atomic E-state index is 0.0494. The first kappa shape index (κ1) is 19.9. The number of ether oxygens (including phenoxy) is 2. The first-order valence-corrected chi connectivity index (χ1v) is 9.77. The largest absolute Gasteiger partial charge is 0.493 e. The number of hydrogen-bond donors (Lipinski definition) is 0. The van der Waals surface area contributed by atoms with Crippen LogP contribution in [-0.2, 0) is 11.3 Å². The highest BCUT2D eigenvalue weighted by atomic mass is 32.2. The third-order valence-electron chi connectivity index (χ3n) is 4.47. The van der Waals surface area contributed by atoms with Gasteiger partial charge < -0.3 is 9.47 Å². The van der Waals surface area contributed by atoms with E-state index in [1.165, 1.54) is 11.8 Å². The van der Waals surface area contributed by atoms with Crippen LogP contribution in [0.2, 0.25) is 0 Å². The molecule has 1 saturated heterocycles. The van der Waals surface area contributed by atoms with Crippen molar-refractivity contribution < 1.29 is 14.3 Å². The third kappa shape index (κ3) is 4.36. The summed E-state index contributed by atoms with van der Waals surface area (Å²) in [7, 11) is 3.18. The summed E-state index contributed by atoms with van der Waals surface area (Å²) in [5, 5.41) is 8.94. The van der Waals surface area contributed by atoms with Crippen LogP contribution in [0.3, 0.4) is 0 Å². The van der Waals surface area contributed by atoms with Gasteiger partial charge in [-0.25, -0.2) is 0 Å². The molecule has 0 aliphatic carbocycles. The molecule has 2 aromatic carbocycles. The average Bonchev–Trinajstić information content (AvgIpc) is 2.97. The maximum Gasteiger partial charge on any atom is 0.242 e. The zero-order valence-corrected chi connectivity index (χ0v) is 17.2. The molecular weight excluding hydrogens is 374 g/mol. The summed E-state index contributed by atoms with van der Waals surface area (Å²) in [5.41, 5.74) is 3.07. The molecule has 28 heavy (non-hydrogen) atoms. The molecule has 0 saturated carbocycles. The highest BCUT2D eigenvalue weighted by Gasteiger charge is 2.35. The quantitative estimate of drug-likeness (QED) is 0.548. The Kier molecular flexibility index (Phi) is 6.36. The van der Waals surface area contributed by atoms with Crippen LogP contribution >= 0.6 is 11.8 Å². The minimum atomic E-state index is -0.168. The normalized spacial score (nSPS) is 18.3. The Balaban J connectivity index is 1.80. The number of carbonyl (C=O) groups excluding carboxylic acids is 1. The molecule has 6 nitrogen and oxygen atoms in total. The van der Waals surface area contributed by atoms with Crippen LogP contribution in [0.15, 0.2) is 52.7 Å². The molecule has 0 bridgehead atoms. The zero-order valence-electron chi connectivity index (χ0n) is 16.4. The lowest BCUT2D eigenvalue weighted by Crippen LogP contribution is -2.31. The summed E-state index contributed by atoms with van der Waals surface area (Å²) >= 11 is 1.42. The van der Waals surface area contributed by atoms with Crippen LogP contribution in [0.5, 0.6) is 11.5 Å². The van der Waals surface area contributed by atoms with Gasteiger partial charge in [-0.3, -0.25) is 9.69 Å². The van der Waals surface area contributed by atoms with Gasteiger partial charge in [-0.05, 0) is 48.7 Å². The van der Waals surface area contributed by atoms with Gasteiger partial charge in [0.2, 0.25) is 5.91 Å². The van der Waals surface area contributed by atoms with Crippen molar-refractivity contribution in [3.63, 3.8) is 0 Å². The number of methoxy groups -OCH3 is 2. The van der Waals surface area contributed by atoms with Crippen molar-refractivity contribution in [1.29, 1.82) is 0 Å². The van der Waals surface area contributed by atoms with E-state index in [-0.39, 0.29) is 11.2 Å². The molecule has 3 rings (SSSR count). The Morgan fingerprint density at radius 3 is 2.61 bits per heavy atom. The van der Waals surface area contributed by atoms with Crippen molar-refractivity contribution in [2.45, 2.75) is 25.6 Å². The zero-order chi connectivity index (χ0) is 20.1. The van der Waals surface area contributed by atoms with E-state index >= 15 is 0 Å². The summed E-state index contributed by atoms with van der Waals surface area (Å²) in [5.74, 6) is 1.33. The molecule has 7 heteroatoms. The number of amides is 1. The number of nitrogens with zero attached hydrogens (tertiary/aromatic N) is 3. The smallest absolute Gasteiger partial charge is 0.242 e. The average molecular weight is 398 g/mol. The Bertz CT molecular complexity index is 927. The fourth-order valence-corrected chi connectivity index (χ4v) is 3.77. The minimum Gasteiger partial charge on any atom is -0.493 e. The molecule has 0 N–H and O–H groups in total. The van der Waals surface area contributed by atoms with Gasteiger partial charge in [-0.15, -0.1) is 5.10 Å². The van der Waals surface area contributed by atoms with Crippen LogP contribution in [0, 0.1) is 6.92 Å². The second-order valence-electron chi connectivity index (χ2n) is 6.35. The van der Waals surface area contributed by atoms with Gasteiger partial charge in [-0.1, -0.05) is 36.0 Å². The number of benzene rings is 2. The maximum absolute atomic E-state index is 12.6. The fourth-order valence-electron chi connectivity index (χ4n) is 2.84. The first-order chi connectivity index (χ1) is 13.5. The number of aryl methyl sites for hydroxylation is 1. The molecule has 1 atom stereocenters. The molecule has 0 spiro atoms. The van der Waals surface area contributed by atoms with E-state index in [9.17, 15) is 4.79 Å². The van der Waals surface area contributed by atoms with Crippen molar-refractivity contribution in [2.24, 2.45) is 10.2 Å². The molecule has 1 heterocycles. The third-order valence-corrected chi connectivity index (χ3v) is 5.54. The van der Waals surface area contributed by atoms with Crippen LogP contribution in [0.1, 0.15) is 23.6 Å². The Morgan fingerprint density at radius 1 is 1.14 bits per heavy atom. The van der Waals surface area contributed by atoms with E-state index in [4.69, 9.17) is 9.47 Å². The van der Waals surface area contributed by atoms with Crippen molar-refractivity contribution in [3.8, 4) is 11.5 Å². The van der Waals surface area contributed by atoms with E-state index in [2.05, 4.69) is 10.2 Å². The Hall–Kier alpha value is -2.80. The van der Waals surface area contributed by atoms with Gasteiger partial charge >= 0.3 is 0 Å². The molecule has 1 amide bonds. The van der Waals surface area contributed by atoms with Crippen LogP contribution < -0.4 is 9.47 Å². The van der Waals surface area contributed by atoms with Crippen LogP contribution in [-0.4, -0.2) is 41.7 Å². The van der Waals surface area contributed by atoms with E-state index in [1.807, 2.05) is 56.3 Å². The van der Waals surface area contributed by atoms with Gasteiger partial charge in [0.1, 0.15) is 0 Å². The SMILES string of the molecule is COc1ccc(C=NN=C2SC(C)C(=O)N2Cc2ccccc2C)cc1OC. The van der Waals surface area contributed by atoms with E-state index in [0.717, 1.165) is 16.7 Å². The topological polar surface area (TPSA) is 63.5 Å². The summed E-state index contributed by atoms with van der Waals surface area (Å²) in [6.07, 6.45) is 1.63. The lowest BCUT2D eigenvalue weighted by Gasteiger charge is -2.16. The summed E-state index contributed by atoms with van der Waals surface area (Å²) in [4.78, 5) is 14.3. The van der Waals surface area contributed by atoms with E-state index in [0.29, 0.717) is 23.2 Å². The number of rotatable bonds is 6. The lowest BCUT2D eigenvalue weighted by molar-refractivity contribution is -0.126. The molecule has 146 valence electrons.